The summed E-state index contributed by atoms with van der Waals surface area (Å²) in [5.41, 5.74) is 3.40. The number of fused-ring (bicyclic) bond motifs is 1. The first-order chi connectivity index (χ1) is 18.0. The second kappa shape index (κ2) is 10.6. The Morgan fingerprint density at radius 3 is 2.62 bits per heavy atom. The number of rotatable bonds is 6. The first kappa shape index (κ1) is 24.7. The van der Waals surface area contributed by atoms with Gasteiger partial charge in [0.25, 0.3) is 5.56 Å². The molecule has 0 unspecified atom stereocenters. The zero-order valence-electron chi connectivity index (χ0n) is 20.7. The molecule has 1 saturated heterocycles. The van der Waals surface area contributed by atoms with Crippen molar-refractivity contribution in [2.75, 3.05) is 37.5 Å². The molecule has 8 heteroatoms. The molecule has 1 atom stereocenters. The standard InChI is InChI=1S/C29H28ClN3O4/c1-36-21-11-13-24(25(16-21)37-2)32-28(34)19-9-6-14-33(17-19)27-26(18-7-4-3-5-8-18)22-15-20(30)10-12-23(22)31-29(27)35/h3-5,7-8,10-13,15-16,19H,6,9,14,17H2,1-2H3,(H,31,35)(H,32,34)/t19-/m0/s1. The Morgan fingerprint density at radius 1 is 1.05 bits per heavy atom. The van der Waals surface area contributed by atoms with Crippen molar-refractivity contribution >= 4 is 39.8 Å². The Bertz CT molecular complexity index is 1500. The number of nitrogens with zero attached hydrogens (tertiary/aromatic N) is 1. The number of nitrogens with one attached hydrogen (secondary N) is 2. The molecule has 0 saturated carbocycles. The van der Waals surface area contributed by atoms with E-state index in [1.807, 2.05) is 47.4 Å². The number of carbonyl (C=O) groups excluding carboxylic acids is 1. The van der Waals surface area contributed by atoms with Crippen LogP contribution in [-0.2, 0) is 4.79 Å². The molecule has 1 aromatic heterocycles. The summed E-state index contributed by atoms with van der Waals surface area (Å²) in [6, 6.07) is 20.6. The average Bonchev–Trinajstić information content (AvgIpc) is 2.93. The molecule has 7 nitrogen and oxygen atoms in total. The number of aromatic nitrogens is 1. The zero-order valence-corrected chi connectivity index (χ0v) is 21.5. The molecule has 190 valence electrons. The highest BCUT2D eigenvalue weighted by molar-refractivity contribution is 6.31. The number of ether oxygens (including phenoxy) is 2. The van der Waals surface area contributed by atoms with Crippen LogP contribution < -0.4 is 25.2 Å². The largest absolute Gasteiger partial charge is 0.497 e. The maximum atomic E-state index is 13.5. The van der Waals surface area contributed by atoms with Crippen molar-refractivity contribution in [2.45, 2.75) is 12.8 Å². The normalized spacial score (nSPS) is 15.4. The van der Waals surface area contributed by atoms with Crippen LogP contribution in [0.15, 0.2) is 71.5 Å². The molecular formula is C29H28ClN3O4. The summed E-state index contributed by atoms with van der Waals surface area (Å²) in [4.78, 5) is 31.8. The van der Waals surface area contributed by atoms with Gasteiger partial charge in [0.1, 0.15) is 17.2 Å². The number of carbonyl (C=O) groups is 1. The smallest absolute Gasteiger partial charge is 0.272 e. The highest BCUT2D eigenvalue weighted by Gasteiger charge is 2.30. The predicted octanol–water partition coefficient (Wildman–Crippen LogP) is 5.72. The molecule has 1 amide bonds. The van der Waals surface area contributed by atoms with Gasteiger partial charge in [-0.05, 0) is 48.7 Å². The third-order valence-electron chi connectivity index (χ3n) is 6.79. The van der Waals surface area contributed by atoms with Crippen molar-refractivity contribution < 1.29 is 14.3 Å². The van der Waals surface area contributed by atoms with Gasteiger partial charge in [0.15, 0.2) is 0 Å². The third-order valence-corrected chi connectivity index (χ3v) is 7.02. The summed E-state index contributed by atoms with van der Waals surface area (Å²) < 4.78 is 10.7. The molecular weight excluding hydrogens is 490 g/mol. The number of hydrogen-bond acceptors (Lipinski definition) is 5. The van der Waals surface area contributed by atoms with Gasteiger partial charge in [-0.15, -0.1) is 0 Å². The molecule has 0 spiro atoms. The minimum absolute atomic E-state index is 0.116. The van der Waals surface area contributed by atoms with Crippen LogP contribution in [0.25, 0.3) is 22.0 Å². The van der Waals surface area contributed by atoms with Gasteiger partial charge >= 0.3 is 0 Å². The lowest BCUT2D eigenvalue weighted by Crippen LogP contribution is -2.43. The SMILES string of the molecule is COc1ccc(NC(=O)[C@H]2CCCN(c3c(-c4ccccc4)c4cc(Cl)ccc4[nH]c3=O)C2)c(OC)c1. The van der Waals surface area contributed by atoms with Gasteiger partial charge < -0.3 is 24.7 Å². The monoisotopic (exact) mass is 517 g/mol. The highest BCUT2D eigenvalue weighted by atomic mass is 35.5. The van der Waals surface area contributed by atoms with Crippen LogP contribution in [0.4, 0.5) is 11.4 Å². The van der Waals surface area contributed by atoms with E-state index in [-0.39, 0.29) is 17.4 Å². The first-order valence-corrected chi connectivity index (χ1v) is 12.5. The second-order valence-electron chi connectivity index (χ2n) is 9.07. The molecule has 2 N–H and O–H groups in total. The number of hydrogen-bond donors (Lipinski definition) is 2. The number of benzene rings is 3. The molecule has 1 aliphatic heterocycles. The Labute approximate surface area is 220 Å². The average molecular weight is 518 g/mol. The number of halogens is 1. The molecule has 1 fully saturated rings. The van der Waals surface area contributed by atoms with E-state index in [0.717, 1.165) is 34.9 Å². The van der Waals surface area contributed by atoms with Crippen LogP contribution >= 0.6 is 11.6 Å². The van der Waals surface area contributed by atoms with Gasteiger partial charge in [0.2, 0.25) is 5.91 Å². The number of amides is 1. The lowest BCUT2D eigenvalue weighted by molar-refractivity contribution is -0.120. The van der Waals surface area contributed by atoms with Gasteiger partial charge in [0, 0.05) is 40.6 Å². The number of aromatic amines is 1. The molecule has 37 heavy (non-hydrogen) atoms. The number of anilines is 2. The minimum atomic E-state index is -0.307. The van der Waals surface area contributed by atoms with Crippen molar-refractivity contribution in [3.63, 3.8) is 0 Å². The second-order valence-corrected chi connectivity index (χ2v) is 9.51. The van der Waals surface area contributed by atoms with Crippen LogP contribution in [0, 0.1) is 5.92 Å². The van der Waals surface area contributed by atoms with Crippen molar-refractivity contribution in [1.82, 2.24) is 4.98 Å². The summed E-state index contributed by atoms with van der Waals surface area (Å²) in [6.45, 7) is 1.09. The van der Waals surface area contributed by atoms with Gasteiger partial charge in [-0.2, -0.15) is 0 Å². The molecule has 2 heterocycles. The third kappa shape index (κ3) is 5.00. The van der Waals surface area contributed by atoms with E-state index in [1.165, 1.54) is 0 Å². The zero-order chi connectivity index (χ0) is 25.9. The van der Waals surface area contributed by atoms with Crippen molar-refractivity contribution in [3.05, 3.63) is 82.1 Å². The quantitative estimate of drug-likeness (QED) is 0.342. The maximum absolute atomic E-state index is 13.5. The topological polar surface area (TPSA) is 83.7 Å². The van der Waals surface area contributed by atoms with E-state index in [2.05, 4.69) is 10.3 Å². The summed E-state index contributed by atoms with van der Waals surface area (Å²) >= 11 is 6.36. The summed E-state index contributed by atoms with van der Waals surface area (Å²) in [6.07, 6.45) is 1.50. The Balaban J connectivity index is 1.50. The van der Waals surface area contributed by atoms with Crippen LogP contribution in [0.5, 0.6) is 11.5 Å². The van der Waals surface area contributed by atoms with E-state index in [9.17, 15) is 9.59 Å². The Hall–Kier alpha value is -3.97. The van der Waals surface area contributed by atoms with E-state index >= 15 is 0 Å². The molecule has 0 aliphatic carbocycles. The predicted molar refractivity (Wildman–Crippen MR) is 148 cm³/mol. The fourth-order valence-corrected chi connectivity index (χ4v) is 5.16. The highest BCUT2D eigenvalue weighted by Crippen LogP contribution is 2.37. The van der Waals surface area contributed by atoms with Crippen molar-refractivity contribution in [3.8, 4) is 22.6 Å². The van der Waals surface area contributed by atoms with Crippen LogP contribution in [0.2, 0.25) is 5.02 Å². The van der Waals surface area contributed by atoms with Gasteiger partial charge in [-0.25, -0.2) is 0 Å². The fraction of sp³-hybridized carbons (Fsp3) is 0.241. The van der Waals surface area contributed by atoms with Crippen molar-refractivity contribution in [1.29, 1.82) is 0 Å². The fourth-order valence-electron chi connectivity index (χ4n) is 4.98. The number of pyridine rings is 1. The first-order valence-electron chi connectivity index (χ1n) is 12.2. The van der Waals surface area contributed by atoms with Crippen LogP contribution in [0.3, 0.4) is 0 Å². The number of piperidine rings is 1. The Morgan fingerprint density at radius 2 is 1.86 bits per heavy atom. The van der Waals surface area contributed by atoms with Gasteiger partial charge in [-0.3, -0.25) is 9.59 Å². The Kier molecular flexibility index (Phi) is 7.06. The lowest BCUT2D eigenvalue weighted by Gasteiger charge is -2.34. The van der Waals surface area contributed by atoms with Crippen LogP contribution in [0.1, 0.15) is 12.8 Å². The van der Waals surface area contributed by atoms with Crippen LogP contribution in [-0.4, -0.2) is 38.2 Å². The lowest BCUT2D eigenvalue weighted by atomic mass is 9.93. The maximum Gasteiger partial charge on any atom is 0.272 e. The molecule has 3 aromatic carbocycles. The summed E-state index contributed by atoms with van der Waals surface area (Å²) in [5.74, 6) is 0.741. The molecule has 1 aliphatic rings. The van der Waals surface area contributed by atoms with E-state index in [4.69, 9.17) is 21.1 Å². The molecule has 5 rings (SSSR count). The summed E-state index contributed by atoms with van der Waals surface area (Å²) in [5, 5.41) is 4.46. The summed E-state index contributed by atoms with van der Waals surface area (Å²) in [7, 11) is 3.13. The van der Waals surface area contributed by atoms with E-state index in [1.54, 1.807) is 38.5 Å². The molecule has 4 aromatic rings. The number of H-pyrrole nitrogens is 1. The van der Waals surface area contributed by atoms with Gasteiger partial charge in [-0.1, -0.05) is 41.9 Å². The van der Waals surface area contributed by atoms with Gasteiger partial charge in [0.05, 0.1) is 25.8 Å². The minimum Gasteiger partial charge on any atom is -0.497 e. The van der Waals surface area contributed by atoms with E-state index in [0.29, 0.717) is 41.0 Å². The number of methoxy groups -OCH3 is 2. The molecule has 0 bridgehead atoms. The van der Waals surface area contributed by atoms with Crippen molar-refractivity contribution in [2.24, 2.45) is 5.92 Å². The van der Waals surface area contributed by atoms with E-state index < -0.39 is 0 Å². The molecule has 0 radical (unpaired) electrons.